The first-order valence-electron chi connectivity index (χ1n) is 3.21. The van der Waals surface area contributed by atoms with Crippen LogP contribution in [0.15, 0.2) is 0 Å². The second kappa shape index (κ2) is 2.64. The van der Waals surface area contributed by atoms with Gasteiger partial charge in [0, 0.05) is 0 Å². The van der Waals surface area contributed by atoms with Gasteiger partial charge in [-0.15, -0.1) is 0 Å². The van der Waals surface area contributed by atoms with Gasteiger partial charge in [0.25, 0.3) is 0 Å². The molecule has 1 unspecified atom stereocenters. The van der Waals surface area contributed by atoms with Gasteiger partial charge in [-0.05, 0) is 18.1 Å². The zero-order chi connectivity index (χ0) is 6.78. The molecule has 0 aromatic carbocycles. The van der Waals surface area contributed by atoms with Crippen LogP contribution in [-0.2, 0) is 4.80 Å². The molecule has 0 aliphatic rings. The van der Waals surface area contributed by atoms with Crippen LogP contribution < -0.4 is 0 Å². The second-order valence-corrected chi connectivity index (χ2v) is 7.31. The molecule has 0 amide bonds. The molecule has 49 valence electrons. The molecule has 0 saturated heterocycles. The minimum Gasteiger partial charge on any atom is -0.297 e. The summed E-state index contributed by atoms with van der Waals surface area (Å²) in [4.78, 5) is 11.3. The Bertz CT molecular complexity index is 68.9. The van der Waals surface area contributed by atoms with Crippen LogP contribution in [0.5, 0.6) is 0 Å². The normalized spacial score (nSPS) is 18.8. The predicted octanol–water partition coefficient (Wildman–Crippen LogP) is 2.42. The molecule has 1 nitrogen and oxygen atoms in total. The third kappa shape index (κ3) is 1.97. The van der Waals surface area contributed by atoms with Crippen molar-refractivity contribution in [2.45, 2.75) is 38.9 Å². The minimum atomic E-state index is -2.00. The lowest BCUT2D eigenvalue weighted by molar-refractivity contribution is 0.409. The first kappa shape index (κ1) is 8.18. The van der Waals surface area contributed by atoms with Crippen molar-refractivity contribution in [3.63, 3.8) is 0 Å². The Kier molecular flexibility index (Phi) is 2.70. The average Bonchev–Trinajstić information content (AvgIpc) is 1.67. The van der Waals surface area contributed by atoms with Crippen LogP contribution in [0.4, 0.5) is 0 Å². The van der Waals surface area contributed by atoms with Crippen molar-refractivity contribution in [1.29, 1.82) is 0 Å². The Hall–Kier alpha value is 0.177. The van der Waals surface area contributed by atoms with E-state index in [0.717, 1.165) is 6.04 Å². The molecular formula is C6H15OSi. The predicted molar refractivity (Wildman–Crippen MR) is 37.9 cm³/mol. The summed E-state index contributed by atoms with van der Waals surface area (Å²) in [7, 11) is -2.00. The fourth-order valence-corrected chi connectivity index (χ4v) is 1.22. The standard InChI is InChI=1S/C6H15OSi/c1-5-8(4,7)6(2)3/h6H,5H2,1-4H3. The van der Waals surface area contributed by atoms with E-state index in [1.807, 2.05) is 27.3 Å². The zero-order valence-corrected chi connectivity index (χ0v) is 7.19. The van der Waals surface area contributed by atoms with Crippen molar-refractivity contribution in [3.8, 4) is 0 Å². The fourth-order valence-electron chi connectivity index (χ4n) is 0.408. The highest BCUT2D eigenvalue weighted by Gasteiger charge is 2.28. The van der Waals surface area contributed by atoms with E-state index in [-0.39, 0.29) is 0 Å². The number of hydrogen-bond acceptors (Lipinski definition) is 0. The average molecular weight is 131 g/mol. The highest BCUT2D eigenvalue weighted by atomic mass is 28.4. The maximum absolute atomic E-state index is 11.3. The highest BCUT2D eigenvalue weighted by molar-refractivity contribution is 6.72. The van der Waals surface area contributed by atoms with Gasteiger partial charge in [-0.25, -0.2) is 0 Å². The molecule has 0 N–H and O–H groups in total. The third-order valence-electron chi connectivity index (χ3n) is 1.92. The second-order valence-electron chi connectivity index (χ2n) is 2.82. The first-order valence-corrected chi connectivity index (χ1v) is 5.90. The Balaban J connectivity index is 3.71. The largest absolute Gasteiger partial charge is 0.297 e. The van der Waals surface area contributed by atoms with Crippen molar-refractivity contribution in [1.82, 2.24) is 0 Å². The smallest absolute Gasteiger partial charge is 0.236 e. The molecule has 1 radical (unpaired) electrons. The maximum atomic E-state index is 11.3. The van der Waals surface area contributed by atoms with E-state index in [2.05, 4.69) is 0 Å². The molecular weight excluding hydrogens is 116 g/mol. The van der Waals surface area contributed by atoms with Crippen molar-refractivity contribution in [2.24, 2.45) is 0 Å². The fraction of sp³-hybridized carbons (Fsp3) is 1.00. The molecule has 2 heteroatoms. The monoisotopic (exact) mass is 131 g/mol. The molecule has 0 aromatic rings. The Morgan fingerprint density at radius 1 is 1.50 bits per heavy atom. The topological polar surface area (TPSA) is 19.9 Å². The van der Waals surface area contributed by atoms with Crippen molar-refractivity contribution in [2.75, 3.05) is 0 Å². The lowest BCUT2D eigenvalue weighted by atomic mass is 10.6. The summed E-state index contributed by atoms with van der Waals surface area (Å²) >= 11 is 0. The summed E-state index contributed by atoms with van der Waals surface area (Å²) in [5.41, 5.74) is 0.396. The van der Waals surface area contributed by atoms with E-state index in [4.69, 9.17) is 0 Å². The van der Waals surface area contributed by atoms with Crippen LogP contribution in [0.25, 0.3) is 0 Å². The summed E-state index contributed by atoms with van der Waals surface area (Å²) < 4.78 is 0. The van der Waals surface area contributed by atoms with Gasteiger partial charge in [-0.1, -0.05) is 20.8 Å². The van der Waals surface area contributed by atoms with Crippen LogP contribution in [0.2, 0.25) is 18.1 Å². The van der Waals surface area contributed by atoms with Crippen molar-refractivity contribution < 1.29 is 4.80 Å². The summed E-state index contributed by atoms with van der Waals surface area (Å²) in [6.07, 6.45) is 0. The van der Waals surface area contributed by atoms with Crippen molar-refractivity contribution in [3.05, 3.63) is 0 Å². The molecule has 8 heavy (non-hydrogen) atoms. The highest BCUT2D eigenvalue weighted by Crippen LogP contribution is 2.21. The Morgan fingerprint density at radius 2 is 1.88 bits per heavy atom. The van der Waals surface area contributed by atoms with Crippen LogP contribution >= 0.6 is 0 Å². The summed E-state index contributed by atoms with van der Waals surface area (Å²) in [5.74, 6) is 0. The van der Waals surface area contributed by atoms with E-state index < -0.39 is 8.32 Å². The Morgan fingerprint density at radius 3 is 1.88 bits per heavy atom. The first-order chi connectivity index (χ1) is 3.50. The maximum Gasteiger partial charge on any atom is 0.236 e. The molecule has 0 spiro atoms. The molecule has 0 saturated carbocycles. The van der Waals surface area contributed by atoms with Crippen molar-refractivity contribution >= 4 is 8.32 Å². The van der Waals surface area contributed by atoms with E-state index in [1.54, 1.807) is 0 Å². The minimum absolute atomic E-state index is 0.396. The summed E-state index contributed by atoms with van der Waals surface area (Å²) in [5, 5.41) is 0. The number of hydrogen-bond donors (Lipinski definition) is 0. The van der Waals surface area contributed by atoms with Gasteiger partial charge in [0.15, 0.2) is 0 Å². The van der Waals surface area contributed by atoms with Gasteiger partial charge in [0.05, 0.1) is 0 Å². The van der Waals surface area contributed by atoms with E-state index in [0.29, 0.717) is 5.54 Å². The SMILES string of the molecule is CC[Si](C)([O])C(C)C. The summed E-state index contributed by atoms with van der Waals surface area (Å²) in [6, 6.07) is 0.866. The van der Waals surface area contributed by atoms with Gasteiger partial charge in [-0.3, -0.25) is 4.80 Å². The van der Waals surface area contributed by atoms with Gasteiger partial charge in [0.2, 0.25) is 8.32 Å². The molecule has 0 aliphatic carbocycles. The molecule has 0 aromatic heterocycles. The lowest BCUT2D eigenvalue weighted by Gasteiger charge is -2.18. The van der Waals surface area contributed by atoms with Crippen LogP contribution in [-0.4, -0.2) is 8.32 Å². The van der Waals surface area contributed by atoms with Crippen LogP contribution in [0.3, 0.4) is 0 Å². The van der Waals surface area contributed by atoms with Gasteiger partial charge in [-0.2, -0.15) is 0 Å². The lowest BCUT2D eigenvalue weighted by Crippen LogP contribution is -2.30. The number of rotatable bonds is 2. The molecule has 0 heterocycles. The molecule has 0 rings (SSSR count). The molecule has 0 bridgehead atoms. The Labute approximate surface area is 52.9 Å². The van der Waals surface area contributed by atoms with Gasteiger partial charge in [0.1, 0.15) is 0 Å². The zero-order valence-electron chi connectivity index (χ0n) is 6.19. The quantitative estimate of drug-likeness (QED) is 0.513. The third-order valence-corrected chi connectivity index (χ3v) is 5.77. The van der Waals surface area contributed by atoms with E-state index in [9.17, 15) is 4.80 Å². The van der Waals surface area contributed by atoms with Crippen LogP contribution in [0, 0.1) is 0 Å². The summed E-state index contributed by atoms with van der Waals surface area (Å²) in [6.45, 7) is 7.96. The van der Waals surface area contributed by atoms with Gasteiger partial charge >= 0.3 is 0 Å². The molecule has 0 aliphatic heterocycles. The van der Waals surface area contributed by atoms with Gasteiger partial charge < -0.3 is 0 Å². The van der Waals surface area contributed by atoms with E-state index in [1.165, 1.54) is 0 Å². The van der Waals surface area contributed by atoms with Crippen LogP contribution in [0.1, 0.15) is 20.8 Å². The molecule has 0 fully saturated rings. The molecule has 1 atom stereocenters. The van der Waals surface area contributed by atoms with E-state index >= 15 is 0 Å².